The highest BCUT2D eigenvalue weighted by molar-refractivity contribution is 5.70. The molecule has 142 valence electrons. The molecule has 0 N–H and O–H groups in total. The number of hydrogen-bond donors (Lipinski definition) is 0. The van der Waals surface area contributed by atoms with Gasteiger partial charge in [0.2, 0.25) is 0 Å². The van der Waals surface area contributed by atoms with Crippen LogP contribution in [0.25, 0.3) is 0 Å². The summed E-state index contributed by atoms with van der Waals surface area (Å²) in [5.74, 6) is -0.537. The van der Waals surface area contributed by atoms with Crippen LogP contribution in [0.4, 0.5) is 0 Å². The molecule has 0 aromatic rings. The lowest BCUT2D eigenvalue weighted by Gasteiger charge is -2.10. The van der Waals surface area contributed by atoms with Crippen LogP contribution in [-0.4, -0.2) is 45.2 Å². The Morgan fingerprint density at radius 3 is 2.17 bits per heavy atom. The Hall–Kier alpha value is -1.14. The van der Waals surface area contributed by atoms with E-state index in [0.717, 1.165) is 19.4 Å². The number of carbonyl (C=O) groups excluding carboxylic acids is 2. The molecule has 1 unspecified atom stereocenters. The van der Waals surface area contributed by atoms with Gasteiger partial charge in [-0.3, -0.25) is 9.59 Å². The van der Waals surface area contributed by atoms with Crippen LogP contribution >= 0.6 is 0 Å². The molecule has 0 saturated heterocycles. The molecule has 0 rings (SSSR count). The molecule has 6 heteroatoms. The first-order valence-corrected chi connectivity index (χ1v) is 9.05. The minimum absolute atomic E-state index is 0.225. The molecule has 24 heavy (non-hydrogen) atoms. The summed E-state index contributed by atoms with van der Waals surface area (Å²) in [6, 6.07) is 0. The maximum absolute atomic E-state index is 11.5. The van der Waals surface area contributed by atoms with E-state index < -0.39 is 6.29 Å². The third kappa shape index (κ3) is 15.7. The Kier molecular flexibility index (Phi) is 15.9. The van der Waals surface area contributed by atoms with Crippen molar-refractivity contribution in [2.45, 2.75) is 77.9 Å². The molecular weight excluding hydrogens is 312 g/mol. The topological polar surface area (TPSA) is 71.1 Å². The van der Waals surface area contributed by atoms with Gasteiger partial charge in [0, 0.05) is 39.6 Å². The molecule has 0 fully saturated rings. The average Bonchev–Trinajstić information content (AvgIpc) is 2.57. The van der Waals surface area contributed by atoms with Crippen LogP contribution in [0.15, 0.2) is 0 Å². The fraction of sp³-hybridized carbons (Fsp3) is 0.889. The van der Waals surface area contributed by atoms with E-state index in [4.69, 9.17) is 18.9 Å². The van der Waals surface area contributed by atoms with E-state index in [2.05, 4.69) is 6.92 Å². The van der Waals surface area contributed by atoms with Gasteiger partial charge in [0.15, 0.2) is 6.29 Å². The lowest BCUT2D eigenvalue weighted by atomic mass is 10.2. The van der Waals surface area contributed by atoms with Crippen molar-refractivity contribution in [1.29, 1.82) is 0 Å². The lowest BCUT2D eigenvalue weighted by Crippen LogP contribution is -2.16. The van der Waals surface area contributed by atoms with Crippen LogP contribution in [0.1, 0.15) is 71.6 Å². The molecule has 0 amide bonds. The minimum atomic E-state index is -0.531. The summed E-state index contributed by atoms with van der Waals surface area (Å²) in [5.41, 5.74) is 0. The molecule has 0 aromatic heterocycles. The highest BCUT2D eigenvalue weighted by Gasteiger charge is 2.09. The lowest BCUT2D eigenvalue weighted by molar-refractivity contribution is -0.170. The van der Waals surface area contributed by atoms with Crippen molar-refractivity contribution in [2.75, 3.05) is 26.9 Å². The highest BCUT2D eigenvalue weighted by atomic mass is 16.7. The zero-order valence-corrected chi connectivity index (χ0v) is 15.5. The molecule has 1 atom stereocenters. The van der Waals surface area contributed by atoms with E-state index in [1.54, 1.807) is 6.92 Å². The number of ether oxygens (including phenoxy) is 4. The molecule has 6 nitrogen and oxygen atoms in total. The van der Waals surface area contributed by atoms with Crippen molar-refractivity contribution < 1.29 is 28.5 Å². The average molecular weight is 346 g/mol. The number of carbonyl (C=O) groups is 2. The fourth-order valence-electron chi connectivity index (χ4n) is 1.98. The van der Waals surface area contributed by atoms with E-state index in [9.17, 15) is 9.59 Å². The maximum Gasteiger partial charge on any atom is 0.308 e. The Morgan fingerprint density at radius 2 is 1.50 bits per heavy atom. The Balaban J connectivity index is 3.34. The van der Waals surface area contributed by atoms with E-state index in [1.165, 1.54) is 26.4 Å². The van der Waals surface area contributed by atoms with Crippen LogP contribution in [0.2, 0.25) is 0 Å². The summed E-state index contributed by atoms with van der Waals surface area (Å²) < 4.78 is 20.4. The van der Waals surface area contributed by atoms with E-state index in [1.807, 2.05) is 0 Å². The first kappa shape index (κ1) is 22.9. The predicted octanol–water partition coefficient (Wildman–Crippen LogP) is 3.61. The molecule has 0 spiro atoms. The second-order valence-corrected chi connectivity index (χ2v) is 5.75. The van der Waals surface area contributed by atoms with Gasteiger partial charge < -0.3 is 18.9 Å². The fourth-order valence-corrected chi connectivity index (χ4v) is 1.98. The first-order valence-electron chi connectivity index (χ1n) is 9.05. The largest absolute Gasteiger partial charge is 0.466 e. The normalized spacial score (nSPS) is 12.0. The van der Waals surface area contributed by atoms with Gasteiger partial charge in [0.1, 0.15) is 0 Å². The molecular formula is C18H34O6. The van der Waals surface area contributed by atoms with Gasteiger partial charge in [-0.05, 0) is 26.2 Å². The second-order valence-electron chi connectivity index (χ2n) is 5.75. The number of hydrogen-bond acceptors (Lipinski definition) is 6. The van der Waals surface area contributed by atoms with E-state index in [0.29, 0.717) is 32.5 Å². The molecule has 0 aliphatic carbocycles. The predicted molar refractivity (Wildman–Crippen MR) is 91.6 cm³/mol. The molecule has 0 bridgehead atoms. The standard InChI is InChI=1S/C18H34O6/c1-4-5-6-9-13-22-14-10-15-23-17(19)11-7-8-12-18(20)24-16(2)21-3/h16H,4-15H2,1-3H3. The second kappa shape index (κ2) is 16.7. The van der Waals surface area contributed by atoms with Crippen molar-refractivity contribution in [3.63, 3.8) is 0 Å². The van der Waals surface area contributed by atoms with Crippen molar-refractivity contribution in [2.24, 2.45) is 0 Å². The molecule has 0 aromatic carbocycles. The third-order valence-corrected chi connectivity index (χ3v) is 3.48. The van der Waals surface area contributed by atoms with E-state index in [-0.39, 0.29) is 18.4 Å². The van der Waals surface area contributed by atoms with Gasteiger partial charge in [-0.15, -0.1) is 0 Å². The zero-order valence-electron chi connectivity index (χ0n) is 15.5. The van der Waals surface area contributed by atoms with Gasteiger partial charge in [0.25, 0.3) is 0 Å². The van der Waals surface area contributed by atoms with Crippen molar-refractivity contribution in [1.82, 2.24) is 0 Å². The summed E-state index contributed by atoms with van der Waals surface area (Å²) in [6.45, 7) is 5.64. The first-order chi connectivity index (χ1) is 11.6. The summed E-state index contributed by atoms with van der Waals surface area (Å²) >= 11 is 0. The molecule has 0 radical (unpaired) electrons. The minimum Gasteiger partial charge on any atom is -0.466 e. The number of methoxy groups -OCH3 is 1. The third-order valence-electron chi connectivity index (χ3n) is 3.48. The van der Waals surface area contributed by atoms with Crippen molar-refractivity contribution >= 4 is 11.9 Å². The Labute approximate surface area is 146 Å². The summed E-state index contributed by atoms with van der Waals surface area (Å²) in [6.07, 6.45) is 6.81. The quantitative estimate of drug-likeness (QED) is 0.241. The summed E-state index contributed by atoms with van der Waals surface area (Å²) in [4.78, 5) is 22.9. The van der Waals surface area contributed by atoms with Gasteiger partial charge in [-0.25, -0.2) is 0 Å². The highest BCUT2D eigenvalue weighted by Crippen LogP contribution is 2.05. The van der Waals surface area contributed by atoms with Gasteiger partial charge in [-0.2, -0.15) is 0 Å². The van der Waals surface area contributed by atoms with Crippen LogP contribution in [-0.2, 0) is 28.5 Å². The van der Waals surface area contributed by atoms with Crippen LogP contribution in [0.3, 0.4) is 0 Å². The molecule has 0 aliphatic heterocycles. The van der Waals surface area contributed by atoms with Gasteiger partial charge in [-0.1, -0.05) is 26.2 Å². The summed E-state index contributed by atoms with van der Waals surface area (Å²) in [5, 5.41) is 0. The van der Waals surface area contributed by atoms with Crippen molar-refractivity contribution in [3.05, 3.63) is 0 Å². The monoisotopic (exact) mass is 346 g/mol. The van der Waals surface area contributed by atoms with Crippen LogP contribution in [0.5, 0.6) is 0 Å². The molecule has 0 aliphatic rings. The van der Waals surface area contributed by atoms with Crippen LogP contribution < -0.4 is 0 Å². The SMILES string of the molecule is CCCCCCOCCCOC(=O)CCCCC(=O)OC(C)OC. The van der Waals surface area contributed by atoms with Gasteiger partial charge in [0.05, 0.1) is 6.61 Å². The number of unbranched alkanes of at least 4 members (excludes halogenated alkanes) is 4. The zero-order chi connectivity index (χ0) is 18.0. The number of rotatable bonds is 16. The van der Waals surface area contributed by atoms with Crippen molar-refractivity contribution in [3.8, 4) is 0 Å². The van der Waals surface area contributed by atoms with Gasteiger partial charge >= 0.3 is 11.9 Å². The number of esters is 2. The Bertz CT molecular complexity index is 319. The molecule has 0 heterocycles. The van der Waals surface area contributed by atoms with E-state index >= 15 is 0 Å². The summed E-state index contributed by atoms with van der Waals surface area (Å²) in [7, 11) is 1.48. The molecule has 0 saturated carbocycles. The Morgan fingerprint density at radius 1 is 0.833 bits per heavy atom. The van der Waals surface area contributed by atoms with Crippen LogP contribution in [0, 0.1) is 0 Å². The maximum atomic E-state index is 11.5. The smallest absolute Gasteiger partial charge is 0.308 e.